The third kappa shape index (κ3) is 8.42. The number of phenols is 1. The zero-order valence-electron chi connectivity index (χ0n) is 28.4. The molecule has 4 aliphatic heterocycles. The molecule has 3 fully saturated rings. The number of carbonyl (C=O) groups is 3. The summed E-state index contributed by atoms with van der Waals surface area (Å²) in [6, 6.07) is 10.9. The van der Waals surface area contributed by atoms with Gasteiger partial charge in [0.15, 0.2) is 6.10 Å². The van der Waals surface area contributed by atoms with Gasteiger partial charge in [0.1, 0.15) is 13.6 Å². The summed E-state index contributed by atoms with van der Waals surface area (Å²) in [5, 5.41) is 13.2. The van der Waals surface area contributed by atoms with Gasteiger partial charge in [-0.15, -0.1) is 0 Å². The maximum Gasteiger partial charge on any atom is 0.410 e. The fourth-order valence-electron chi connectivity index (χ4n) is 7.96. The molecule has 0 bridgehead atoms. The van der Waals surface area contributed by atoms with Crippen LogP contribution in [0.4, 0.5) is 15.3 Å². The molecule has 3 saturated heterocycles. The van der Waals surface area contributed by atoms with Crippen LogP contribution in [0.15, 0.2) is 40.9 Å². The van der Waals surface area contributed by atoms with E-state index in [0.29, 0.717) is 80.5 Å². The Morgan fingerprint density at radius 1 is 0.960 bits per heavy atom. The molecule has 0 unspecified atom stereocenters. The third-order valence-electron chi connectivity index (χ3n) is 10.9. The fraction of sp³-hybridized carbons (Fsp3) is 0.571. The van der Waals surface area contributed by atoms with Gasteiger partial charge in [-0.2, -0.15) is 0 Å². The van der Waals surface area contributed by atoms with Gasteiger partial charge in [0.25, 0.3) is 5.91 Å². The number of carbonyl (C=O) groups excluding carboxylic acids is 3. The fourth-order valence-corrected chi connectivity index (χ4v) is 9.36. The molecule has 0 aromatic heterocycles. The Hall–Kier alpha value is -3.30. The first-order chi connectivity index (χ1) is 23.9. The number of nitrogens with one attached hydrogen (secondary N) is 1. The van der Waals surface area contributed by atoms with Gasteiger partial charge >= 0.3 is 12.1 Å². The largest absolute Gasteiger partial charge is 0.507 e. The standard InChI is InChI=1S/C35H45BBrN5O7S/c1-50(47,48)41-17-8-25(9-18-41)24-6-13-39(14-7-24)33(44)31(22-23-20-28(36)32(43)29(37)21-23)49-35(46)40-15-11-27(12-16-40)42-19-10-26-4-2-3-5-30(26)38-34(42)45/h2-5,20-21,24-25,27,31,43H,6-19,22H2,1H3,(H,38,45)/t31-/m1/s1. The van der Waals surface area contributed by atoms with Gasteiger partial charge in [0, 0.05) is 64.0 Å². The normalized spacial score (nSPS) is 20.9. The van der Waals surface area contributed by atoms with E-state index >= 15 is 0 Å². The van der Waals surface area contributed by atoms with Crippen molar-refractivity contribution in [3.63, 3.8) is 0 Å². The summed E-state index contributed by atoms with van der Waals surface area (Å²) in [7, 11) is 2.82. The van der Waals surface area contributed by atoms with Gasteiger partial charge in [0.05, 0.1) is 10.7 Å². The van der Waals surface area contributed by atoms with E-state index in [4.69, 9.17) is 12.6 Å². The lowest BCUT2D eigenvalue weighted by atomic mass is 9.79. The van der Waals surface area contributed by atoms with Crippen LogP contribution in [0.5, 0.6) is 5.75 Å². The highest BCUT2D eigenvalue weighted by molar-refractivity contribution is 9.10. The summed E-state index contributed by atoms with van der Waals surface area (Å²) >= 11 is 3.32. The van der Waals surface area contributed by atoms with Gasteiger partial charge in [-0.25, -0.2) is 22.3 Å². The molecule has 0 aliphatic carbocycles. The number of nitrogens with zero attached hydrogens (tertiary/aromatic N) is 4. The minimum atomic E-state index is -3.19. The molecule has 268 valence electrons. The number of amides is 4. The number of hydrogen-bond donors (Lipinski definition) is 2. The van der Waals surface area contributed by atoms with Crippen molar-refractivity contribution in [2.45, 2.75) is 63.5 Å². The van der Waals surface area contributed by atoms with E-state index < -0.39 is 22.2 Å². The van der Waals surface area contributed by atoms with Crippen LogP contribution < -0.4 is 10.8 Å². The lowest BCUT2D eigenvalue weighted by Gasteiger charge is -2.40. The van der Waals surface area contributed by atoms with E-state index in [1.807, 2.05) is 29.2 Å². The monoisotopic (exact) mass is 769 g/mol. The molecule has 15 heteroatoms. The number of aromatic hydroxyl groups is 1. The average molecular weight is 771 g/mol. The van der Waals surface area contributed by atoms with Crippen molar-refractivity contribution in [3.05, 3.63) is 52.0 Å². The quantitative estimate of drug-likeness (QED) is 0.412. The van der Waals surface area contributed by atoms with Crippen molar-refractivity contribution in [1.82, 2.24) is 19.0 Å². The minimum absolute atomic E-state index is 0.0250. The number of sulfonamides is 1. The molecule has 2 radical (unpaired) electrons. The van der Waals surface area contributed by atoms with E-state index in [9.17, 15) is 27.9 Å². The molecular weight excluding hydrogens is 725 g/mol. The number of benzene rings is 2. The summed E-state index contributed by atoms with van der Waals surface area (Å²) in [6.07, 6.45) is 4.84. The molecule has 2 N–H and O–H groups in total. The number of rotatable bonds is 7. The molecule has 2 aromatic carbocycles. The Labute approximate surface area is 304 Å². The topological polar surface area (TPSA) is 140 Å². The van der Waals surface area contributed by atoms with Crippen LogP contribution in [-0.4, -0.2) is 123 Å². The number of para-hydroxylation sites is 1. The van der Waals surface area contributed by atoms with Crippen LogP contribution in [0.2, 0.25) is 0 Å². The van der Waals surface area contributed by atoms with Crippen molar-refractivity contribution in [1.29, 1.82) is 0 Å². The highest BCUT2D eigenvalue weighted by atomic mass is 79.9. The molecule has 0 saturated carbocycles. The summed E-state index contributed by atoms with van der Waals surface area (Å²) in [5.74, 6) is 0.441. The third-order valence-corrected chi connectivity index (χ3v) is 12.8. The van der Waals surface area contributed by atoms with Gasteiger partial charge in [-0.1, -0.05) is 29.7 Å². The number of anilines is 1. The van der Waals surface area contributed by atoms with Crippen LogP contribution in [-0.2, 0) is 32.4 Å². The van der Waals surface area contributed by atoms with Gasteiger partial charge in [-0.3, -0.25) is 4.79 Å². The Morgan fingerprint density at radius 2 is 1.58 bits per heavy atom. The summed E-state index contributed by atoms with van der Waals surface area (Å²) in [5.41, 5.74) is 2.72. The van der Waals surface area contributed by atoms with E-state index in [2.05, 4.69) is 21.2 Å². The van der Waals surface area contributed by atoms with Gasteiger partial charge < -0.3 is 29.9 Å². The van der Waals surface area contributed by atoms with Crippen LogP contribution in [0.1, 0.15) is 49.7 Å². The number of ether oxygens (including phenoxy) is 1. The van der Waals surface area contributed by atoms with E-state index in [-0.39, 0.29) is 35.6 Å². The van der Waals surface area contributed by atoms with Gasteiger partial charge in [0.2, 0.25) is 10.0 Å². The number of halogens is 1. The van der Waals surface area contributed by atoms with E-state index in [1.165, 1.54) is 6.26 Å². The van der Waals surface area contributed by atoms with Crippen LogP contribution in [0.3, 0.4) is 0 Å². The number of fused-ring (bicyclic) bond motifs is 1. The summed E-state index contributed by atoms with van der Waals surface area (Å²) in [6.45, 7) is 3.49. The highest BCUT2D eigenvalue weighted by Gasteiger charge is 2.37. The van der Waals surface area contributed by atoms with Gasteiger partial charge in [-0.05, 0) is 96.0 Å². The first kappa shape index (κ1) is 36.5. The smallest absolute Gasteiger partial charge is 0.410 e. The molecular formula is C35H45BBrN5O7S. The Kier molecular flexibility index (Phi) is 11.3. The molecule has 0 spiro atoms. The van der Waals surface area contributed by atoms with Crippen LogP contribution in [0.25, 0.3) is 0 Å². The van der Waals surface area contributed by atoms with E-state index in [0.717, 1.165) is 43.4 Å². The molecule has 6 rings (SSSR count). The highest BCUT2D eigenvalue weighted by Crippen LogP contribution is 2.34. The lowest BCUT2D eigenvalue weighted by molar-refractivity contribution is -0.142. The molecule has 50 heavy (non-hydrogen) atoms. The lowest BCUT2D eigenvalue weighted by Crippen LogP contribution is -2.52. The summed E-state index contributed by atoms with van der Waals surface area (Å²) in [4.78, 5) is 45.9. The minimum Gasteiger partial charge on any atom is -0.507 e. The second-order valence-corrected chi connectivity index (χ2v) is 16.8. The number of phenolic OH excluding ortho intramolecular Hbond substituents is 1. The second-order valence-electron chi connectivity index (χ2n) is 14.0. The number of likely N-dealkylation sites (tertiary alicyclic amines) is 2. The Balaban J connectivity index is 1.07. The Morgan fingerprint density at radius 3 is 2.22 bits per heavy atom. The predicted octanol–water partition coefficient (Wildman–Crippen LogP) is 3.46. The van der Waals surface area contributed by atoms with E-state index in [1.54, 1.807) is 26.2 Å². The zero-order chi connectivity index (χ0) is 35.6. The SMILES string of the molecule is [B]c1cc(C[C@@H](OC(=O)N2CCC(N3CCc4ccccc4NC3=O)CC2)C(=O)N2CCC(C3CCN(S(C)(=O)=O)CC3)CC2)cc(Br)c1O. The molecule has 1 atom stereocenters. The molecule has 4 heterocycles. The van der Waals surface area contributed by atoms with Crippen molar-refractivity contribution in [2.24, 2.45) is 11.8 Å². The van der Waals surface area contributed by atoms with Crippen LogP contribution in [0, 0.1) is 11.8 Å². The van der Waals surface area contributed by atoms with Crippen molar-refractivity contribution in [3.8, 4) is 5.75 Å². The molecule has 4 aliphatic rings. The first-order valence-electron chi connectivity index (χ1n) is 17.5. The van der Waals surface area contributed by atoms with Crippen molar-refractivity contribution in [2.75, 3.05) is 57.4 Å². The van der Waals surface area contributed by atoms with Crippen molar-refractivity contribution >= 4 is 63.0 Å². The molecule has 12 nitrogen and oxygen atoms in total. The second kappa shape index (κ2) is 15.5. The summed E-state index contributed by atoms with van der Waals surface area (Å²) < 4.78 is 31.8. The van der Waals surface area contributed by atoms with Crippen molar-refractivity contribution < 1.29 is 32.6 Å². The maximum absolute atomic E-state index is 14.0. The maximum atomic E-state index is 14.0. The average Bonchev–Trinajstić information content (AvgIpc) is 3.27. The number of hydrogen-bond acceptors (Lipinski definition) is 7. The molecule has 4 amide bonds. The predicted molar refractivity (Wildman–Crippen MR) is 194 cm³/mol. The van der Waals surface area contributed by atoms with Crippen LogP contribution >= 0.6 is 15.9 Å². The molecule has 2 aromatic rings. The zero-order valence-corrected chi connectivity index (χ0v) is 30.8. The number of urea groups is 1. The first-order valence-corrected chi connectivity index (χ1v) is 20.1. The Bertz CT molecular complexity index is 1670. The number of piperidine rings is 3.